The van der Waals surface area contributed by atoms with E-state index in [0.29, 0.717) is 29.5 Å². The number of aryl methyl sites for hydroxylation is 1. The van der Waals surface area contributed by atoms with Crippen molar-refractivity contribution in [3.8, 4) is 0 Å². The number of hydrogen-bond acceptors (Lipinski definition) is 6. The molecule has 8 nitrogen and oxygen atoms in total. The van der Waals surface area contributed by atoms with Crippen LogP contribution in [0.5, 0.6) is 0 Å². The average molecular weight is 461 g/mol. The predicted molar refractivity (Wildman–Crippen MR) is 127 cm³/mol. The second kappa shape index (κ2) is 7.55. The standard InChI is InChI=1S/C24H21ClN6O2/c25-17-10-14-3-1-13(9-18(14)28-22(17)26)2-4-15-11-19(21(33)20(15)32)31-7-5-16-12-30-8-6-27-24(30)29-23(16)31/h1,3,5-12,19-21,32-33H,2,4H2,(H2,26,28)/t19-,20+,21-/m0/s1. The van der Waals surface area contributed by atoms with Crippen LogP contribution in [0, 0.1) is 0 Å². The van der Waals surface area contributed by atoms with Crippen molar-refractivity contribution in [1.82, 2.24) is 23.9 Å². The van der Waals surface area contributed by atoms with Gasteiger partial charge in [0.25, 0.3) is 0 Å². The molecule has 0 aliphatic heterocycles. The minimum atomic E-state index is -0.950. The summed E-state index contributed by atoms with van der Waals surface area (Å²) in [5.74, 6) is 0.896. The van der Waals surface area contributed by atoms with E-state index in [0.717, 1.165) is 33.1 Å². The van der Waals surface area contributed by atoms with Crippen LogP contribution in [-0.2, 0) is 6.42 Å². The number of pyridine rings is 1. The number of halogens is 1. The molecule has 0 amide bonds. The topological polar surface area (TPSA) is 114 Å². The number of anilines is 1. The van der Waals surface area contributed by atoms with E-state index in [2.05, 4.69) is 15.0 Å². The fraction of sp³-hybridized carbons (Fsp3) is 0.208. The van der Waals surface area contributed by atoms with Crippen molar-refractivity contribution in [2.75, 3.05) is 5.73 Å². The van der Waals surface area contributed by atoms with Gasteiger partial charge in [-0.05, 0) is 42.2 Å². The van der Waals surface area contributed by atoms with Crippen LogP contribution >= 0.6 is 11.6 Å². The first-order valence-corrected chi connectivity index (χ1v) is 11.1. The summed E-state index contributed by atoms with van der Waals surface area (Å²) < 4.78 is 3.76. The Balaban J connectivity index is 1.27. The summed E-state index contributed by atoms with van der Waals surface area (Å²) >= 11 is 6.06. The summed E-state index contributed by atoms with van der Waals surface area (Å²) in [4.78, 5) is 13.2. The molecule has 166 valence electrons. The van der Waals surface area contributed by atoms with Crippen molar-refractivity contribution in [1.29, 1.82) is 0 Å². The zero-order valence-electron chi connectivity index (χ0n) is 17.5. The van der Waals surface area contributed by atoms with Crippen molar-refractivity contribution in [3.63, 3.8) is 0 Å². The van der Waals surface area contributed by atoms with E-state index in [9.17, 15) is 10.2 Å². The number of aliphatic hydroxyl groups excluding tert-OH is 2. The van der Waals surface area contributed by atoms with Gasteiger partial charge in [0.1, 0.15) is 23.7 Å². The van der Waals surface area contributed by atoms with Crippen molar-refractivity contribution in [2.45, 2.75) is 31.1 Å². The van der Waals surface area contributed by atoms with Crippen LogP contribution in [0.3, 0.4) is 0 Å². The highest BCUT2D eigenvalue weighted by molar-refractivity contribution is 6.33. The number of aliphatic hydroxyl groups is 2. The molecule has 5 aromatic rings. The van der Waals surface area contributed by atoms with E-state index in [1.54, 1.807) is 12.3 Å². The van der Waals surface area contributed by atoms with Crippen LogP contribution in [0.15, 0.2) is 66.8 Å². The van der Waals surface area contributed by atoms with E-state index in [-0.39, 0.29) is 0 Å². The van der Waals surface area contributed by atoms with Crippen molar-refractivity contribution < 1.29 is 10.2 Å². The van der Waals surface area contributed by atoms with Gasteiger partial charge in [0.05, 0.1) is 16.6 Å². The Morgan fingerprint density at radius 1 is 1.03 bits per heavy atom. The van der Waals surface area contributed by atoms with Gasteiger partial charge >= 0.3 is 0 Å². The molecule has 33 heavy (non-hydrogen) atoms. The SMILES string of the molecule is Nc1nc2cc(CCC3=C[C@H](n4ccc5cn6ccnc6nc54)[C@H](O)[C@@H]3O)ccc2cc1Cl. The maximum absolute atomic E-state index is 10.8. The van der Waals surface area contributed by atoms with E-state index in [4.69, 9.17) is 17.3 Å². The normalized spacial score (nSPS) is 20.8. The molecule has 4 N–H and O–H groups in total. The van der Waals surface area contributed by atoms with Gasteiger partial charge in [-0.15, -0.1) is 0 Å². The molecule has 0 fully saturated rings. The van der Waals surface area contributed by atoms with E-state index in [1.165, 1.54) is 0 Å². The van der Waals surface area contributed by atoms with Crippen LogP contribution in [0.1, 0.15) is 18.0 Å². The molecule has 3 atom stereocenters. The van der Waals surface area contributed by atoms with Crippen LogP contribution in [-0.4, -0.2) is 46.3 Å². The quantitative estimate of drug-likeness (QED) is 0.354. The molecular formula is C24H21ClN6O2. The Morgan fingerprint density at radius 2 is 1.91 bits per heavy atom. The van der Waals surface area contributed by atoms with Crippen LogP contribution in [0.4, 0.5) is 5.82 Å². The second-order valence-corrected chi connectivity index (χ2v) is 8.83. The lowest BCUT2D eigenvalue weighted by Crippen LogP contribution is -2.29. The Hall–Kier alpha value is -3.46. The number of benzene rings is 1. The lowest BCUT2D eigenvalue weighted by Gasteiger charge is -2.19. The first kappa shape index (κ1) is 20.2. The molecule has 6 rings (SSSR count). The third kappa shape index (κ3) is 3.34. The Labute approximate surface area is 193 Å². The second-order valence-electron chi connectivity index (χ2n) is 8.43. The Bertz CT molecular complexity index is 1560. The van der Waals surface area contributed by atoms with Crippen molar-refractivity contribution in [2.24, 2.45) is 0 Å². The van der Waals surface area contributed by atoms with Gasteiger partial charge in [-0.3, -0.25) is 4.40 Å². The monoisotopic (exact) mass is 460 g/mol. The summed E-state index contributed by atoms with van der Waals surface area (Å²) in [5.41, 5.74) is 9.22. The smallest absolute Gasteiger partial charge is 0.235 e. The van der Waals surface area contributed by atoms with Gasteiger partial charge in [0, 0.05) is 35.6 Å². The molecule has 0 spiro atoms. The minimum absolute atomic E-state index is 0.307. The number of nitrogens with two attached hydrogens (primary N) is 1. The molecule has 0 radical (unpaired) electrons. The highest BCUT2D eigenvalue weighted by Crippen LogP contribution is 2.34. The van der Waals surface area contributed by atoms with Gasteiger partial charge in [0.2, 0.25) is 5.78 Å². The molecule has 9 heteroatoms. The van der Waals surface area contributed by atoms with Crippen LogP contribution in [0.25, 0.3) is 27.7 Å². The average Bonchev–Trinajstić information content (AvgIpc) is 3.50. The van der Waals surface area contributed by atoms with Gasteiger partial charge in [-0.2, -0.15) is 4.98 Å². The van der Waals surface area contributed by atoms with Gasteiger partial charge in [-0.1, -0.05) is 29.8 Å². The van der Waals surface area contributed by atoms with E-state index in [1.807, 2.05) is 57.9 Å². The number of rotatable bonds is 4. The largest absolute Gasteiger partial charge is 0.388 e. The number of fused-ring (bicyclic) bond motifs is 3. The fourth-order valence-electron chi connectivity index (χ4n) is 4.60. The summed E-state index contributed by atoms with van der Waals surface area (Å²) in [7, 11) is 0. The van der Waals surface area contributed by atoms with Crippen LogP contribution in [0.2, 0.25) is 5.02 Å². The highest BCUT2D eigenvalue weighted by atomic mass is 35.5. The first-order valence-electron chi connectivity index (χ1n) is 10.7. The first-order chi connectivity index (χ1) is 16.0. The molecule has 0 bridgehead atoms. The van der Waals surface area contributed by atoms with E-state index < -0.39 is 18.2 Å². The molecule has 4 aromatic heterocycles. The molecule has 4 heterocycles. The van der Waals surface area contributed by atoms with E-state index >= 15 is 0 Å². The maximum Gasteiger partial charge on any atom is 0.235 e. The summed E-state index contributed by atoms with van der Waals surface area (Å²) in [5, 5.41) is 23.9. The molecule has 1 aliphatic carbocycles. The number of imidazole rings is 1. The number of nitrogen functional groups attached to an aromatic ring is 1. The lowest BCUT2D eigenvalue weighted by atomic mass is 10.0. The number of aromatic nitrogens is 5. The molecule has 1 aliphatic rings. The molecular weight excluding hydrogens is 440 g/mol. The number of hydrogen-bond donors (Lipinski definition) is 3. The van der Waals surface area contributed by atoms with Crippen molar-refractivity contribution in [3.05, 3.63) is 77.4 Å². The van der Waals surface area contributed by atoms with Crippen molar-refractivity contribution >= 4 is 45.1 Å². The Kier molecular flexibility index (Phi) is 4.62. The third-order valence-electron chi connectivity index (χ3n) is 6.37. The summed E-state index contributed by atoms with van der Waals surface area (Å²) in [6.07, 6.45) is 8.76. The molecule has 0 unspecified atom stereocenters. The Morgan fingerprint density at radius 3 is 2.79 bits per heavy atom. The minimum Gasteiger partial charge on any atom is -0.388 e. The zero-order valence-corrected chi connectivity index (χ0v) is 18.3. The molecule has 1 aromatic carbocycles. The summed E-state index contributed by atoms with van der Waals surface area (Å²) in [6, 6.07) is 9.32. The maximum atomic E-state index is 10.8. The third-order valence-corrected chi connectivity index (χ3v) is 6.68. The van der Waals surface area contributed by atoms with Gasteiger partial charge in [0.15, 0.2) is 0 Å². The van der Waals surface area contributed by atoms with Crippen LogP contribution < -0.4 is 5.73 Å². The van der Waals surface area contributed by atoms with Gasteiger partial charge in [-0.25, -0.2) is 9.97 Å². The zero-order chi connectivity index (χ0) is 22.7. The molecule has 0 saturated heterocycles. The predicted octanol–water partition coefficient (Wildman–Crippen LogP) is 3.30. The number of nitrogens with zero attached hydrogens (tertiary/aromatic N) is 5. The van der Waals surface area contributed by atoms with Gasteiger partial charge < -0.3 is 20.5 Å². The fourth-order valence-corrected chi connectivity index (χ4v) is 4.76. The molecule has 0 saturated carbocycles. The summed E-state index contributed by atoms with van der Waals surface area (Å²) in [6.45, 7) is 0. The highest BCUT2D eigenvalue weighted by Gasteiger charge is 2.36. The lowest BCUT2D eigenvalue weighted by molar-refractivity contribution is 0.0317.